The number of benzene rings is 2. The summed E-state index contributed by atoms with van der Waals surface area (Å²) in [7, 11) is 1.33. The van der Waals surface area contributed by atoms with E-state index in [4.69, 9.17) is 14.2 Å². The molecule has 0 atom stereocenters. The van der Waals surface area contributed by atoms with Crippen molar-refractivity contribution in [2.75, 3.05) is 25.6 Å². The van der Waals surface area contributed by atoms with Crippen LogP contribution in [0.25, 0.3) is 11.1 Å². The average Bonchev–Trinajstić information content (AvgIpc) is 3.13. The molecule has 1 N–H and O–H groups in total. The van der Waals surface area contributed by atoms with Crippen LogP contribution in [-0.4, -0.2) is 32.2 Å². The zero-order valence-corrected chi connectivity index (χ0v) is 20.4. The van der Waals surface area contributed by atoms with E-state index in [9.17, 15) is 9.59 Å². The first kappa shape index (κ1) is 24.3. The zero-order chi connectivity index (χ0) is 24.0. The van der Waals surface area contributed by atoms with Gasteiger partial charge in [-0.2, -0.15) is 0 Å². The van der Waals surface area contributed by atoms with Crippen LogP contribution < -0.4 is 14.8 Å². The van der Waals surface area contributed by atoms with E-state index in [2.05, 4.69) is 19.2 Å². The highest BCUT2D eigenvalue weighted by Gasteiger charge is 2.25. The van der Waals surface area contributed by atoms with Gasteiger partial charge in [-0.25, -0.2) is 4.79 Å². The van der Waals surface area contributed by atoms with Crippen LogP contribution in [0.3, 0.4) is 0 Å². The number of thiophene rings is 1. The second kappa shape index (κ2) is 11.0. The molecule has 7 heteroatoms. The van der Waals surface area contributed by atoms with Gasteiger partial charge in [0.25, 0.3) is 5.91 Å². The molecule has 33 heavy (non-hydrogen) atoms. The summed E-state index contributed by atoms with van der Waals surface area (Å²) in [5.74, 6) is 0.837. The lowest BCUT2D eigenvalue weighted by atomic mass is 10.0. The van der Waals surface area contributed by atoms with Gasteiger partial charge < -0.3 is 19.5 Å². The molecule has 174 valence electrons. The van der Waals surface area contributed by atoms with Crippen molar-refractivity contribution in [3.63, 3.8) is 0 Å². The summed E-state index contributed by atoms with van der Waals surface area (Å²) in [5, 5.41) is 3.28. The minimum Gasteiger partial charge on any atom is -0.494 e. The molecule has 0 spiro atoms. The maximum atomic E-state index is 12.7. The number of anilines is 1. The number of methoxy groups -OCH3 is 1. The smallest absolute Gasteiger partial charge is 0.341 e. The predicted molar refractivity (Wildman–Crippen MR) is 132 cm³/mol. The number of aryl methyl sites for hydroxylation is 1. The van der Waals surface area contributed by atoms with Gasteiger partial charge in [-0.05, 0) is 49.1 Å². The summed E-state index contributed by atoms with van der Waals surface area (Å²) >= 11 is 1.33. The highest BCUT2D eigenvalue weighted by atomic mass is 32.1. The topological polar surface area (TPSA) is 73.9 Å². The standard InChI is InChI=1S/C26H29NO5S/c1-6-31-19-13-11-18(12-14-19)23-17(4)33-25(24(23)26(29)30-5)27-22(28)15-32-21-10-8-7-9-20(21)16(2)3/h7-14,16H,6,15H2,1-5H3,(H,27,28). The van der Waals surface area contributed by atoms with E-state index in [1.165, 1.54) is 18.4 Å². The molecule has 2 aromatic carbocycles. The van der Waals surface area contributed by atoms with Crippen LogP contribution in [0.2, 0.25) is 0 Å². The minimum atomic E-state index is -0.510. The molecule has 3 aromatic rings. The molecular formula is C26H29NO5S. The van der Waals surface area contributed by atoms with Crippen molar-refractivity contribution < 1.29 is 23.8 Å². The van der Waals surface area contributed by atoms with Gasteiger partial charge in [-0.15, -0.1) is 11.3 Å². The molecule has 0 bridgehead atoms. The molecule has 0 unspecified atom stereocenters. The molecule has 6 nitrogen and oxygen atoms in total. The Kier molecular flexibility index (Phi) is 8.11. The Labute approximate surface area is 198 Å². The van der Waals surface area contributed by atoms with Gasteiger partial charge in [-0.3, -0.25) is 4.79 Å². The second-order valence-electron chi connectivity index (χ2n) is 7.72. The number of carbonyl (C=O) groups excluding carboxylic acids is 2. The number of nitrogens with one attached hydrogen (secondary N) is 1. The fraction of sp³-hybridized carbons (Fsp3) is 0.308. The third-order valence-electron chi connectivity index (χ3n) is 5.08. The Morgan fingerprint density at radius 3 is 2.36 bits per heavy atom. The highest BCUT2D eigenvalue weighted by molar-refractivity contribution is 7.17. The number of hydrogen-bond donors (Lipinski definition) is 1. The fourth-order valence-electron chi connectivity index (χ4n) is 3.56. The van der Waals surface area contributed by atoms with Crippen molar-refractivity contribution in [2.24, 2.45) is 0 Å². The lowest BCUT2D eigenvalue weighted by Gasteiger charge is -2.14. The number of hydrogen-bond acceptors (Lipinski definition) is 6. The summed E-state index contributed by atoms with van der Waals surface area (Å²) < 4.78 is 16.3. The number of esters is 1. The first-order valence-electron chi connectivity index (χ1n) is 10.8. The molecule has 0 fully saturated rings. The maximum absolute atomic E-state index is 12.7. The van der Waals surface area contributed by atoms with Crippen molar-refractivity contribution in [2.45, 2.75) is 33.6 Å². The summed E-state index contributed by atoms with van der Waals surface area (Å²) in [6.07, 6.45) is 0. The van der Waals surface area contributed by atoms with Gasteiger partial charge in [-0.1, -0.05) is 44.2 Å². The lowest BCUT2D eigenvalue weighted by molar-refractivity contribution is -0.118. The molecule has 0 aliphatic carbocycles. The largest absolute Gasteiger partial charge is 0.494 e. The Morgan fingerprint density at radius 2 is 1.73 bits per heavy atom. The summed E-state index contributed by atoms with van der Waals surface area (Å²) in [6.45, 7) is 8.38. The number of amides is 1. The van der Waals surface area contributed by atoms with E-state index < -0.39 is 5.97 Å². The van der Waals surface area contributed by atoms with Gasteiger partial charge in [0.1, 0.15) is 22.1 Å². The van der Waals surface area contributed by atoms with E-state index in [-0.39, 0.29) is 18.4 Å². The van der Waals surface area contributed by atoms with Gasteiger partial charge in [0.2, 0.25) is 0 Å². The Morgan fingerprint density at radius 1 is 1.03 bits per heavy atom. The fourth-order valence-corrected chi connectivity index (χ4v) is 4.64. The van der Waals surface area contributed by atoms with Crippen molar-refractivity contribution in [3.8, 4) is 22.6 Å². The molecule has 1 amide bonds. The lowest BCUT2D eigenvalue weighted by Crippen LogP contribution is -2.21. The first-order chi connectivity index (χ1) is 15.8. The molecule has 0 aliphatic rings. The summed E-state index contributed by atoms with van der Waals surface area (Å²) in [4.78, 5) is 26.3. The minimum absolute atomic E-state index is 0.167. The molecule has 3 rings (SSSR count). The SMILES string of the molecule is CCOc1ccc(-c2c(C)sc(NC(=O)COc3ccccc3C(C)C)c2C(=O)OC)cc1. The van der Waals surface area contributed by atoms with E-state index in [1.807, 2.05) is 62.4 Å². The van der Waals surface area contributed by atoms with E-state index in [0.717, 1.165) is 27.3 Å². The molecule has 0 aliphatic heterocycles. The molecule has 0 radical (unpaired) electrons. The first-order valence-corrected chi connectivity index (χ1v) is 11.6. The van der Waals surface area contributed by atoms with Crippen molar-refractivity contribution >= 4 is 28.2 Å². The van der Waals surface area contributed by atoms with E-state index in [1.54, 1.807) is 0 Å². The van der Waals surface area contributed by atoms with Crippen molar-refractivity contribution in [1.29, 1.82) is 0 Å². The van der Waals surface area contributed by atoms with E-state index in [0.29, 0.717) is 22.9 Å². The summed E-state index contributed by atoms with van der Waals surface area (Å²) in [6, 6.07) is 15.2. The van der Waals surface area contributed by atoms with Crippen molar-refractivity contribution in [3.05, 3.63) is 64.5 Å². The molecule has 1 aromatic heterocycles. The van der Waals surface area contributed by atoms with Gasteiger partial charge in [0.05, 0.1) is 13.7 Å². The van der Waals surface area contributed by atoms with E-state index >= 15 is 0 Å². The van der Waals surface area contributed by atoms with Gasteiger partial charge >= 0.3 is 5.97 Å². The van der Waals surface area contributed by atoms with Gasteiger partial charge in [0, 0.05) is 10.4 Å². The van der Waals surface area contributed by atoms with Crippen LogP contribution in [0.15, 0.2) is 48.5 Å². The average molecular weight is 468 g/mol. The number of carbonyl (C=O) groups is 2. The molecule has 1 heterocycles. The maximum Gasteiger partial charge on any atom is 0.341 e. The monoisotopic (exact) mass is 467 g/mol. The summed E-state index contributed by atoms with van der Waals surface area (Å²) in [5.41, 5.74) is 2.94. The number of rotatable bonds is 9. The Bertz CT molecular complexity index is 1120. The Hall–Kier alpha value is -3.32. The zero-order valence-electron chi connectivity index (χ0n) is 19.6. The number of ether oxygens (including phenoxy) is 3. The van der Waals surface area contributed by atoms with Crippen LogP contribution >= 0.6 is 11.3 Å². The molecular weight excluding hydrogens is 438 g/mol. The number of para-hydroxylation sites is 1. The van der Waals surface area contributed by atoms with Crippen LogP contribution in [0.1, 0.15) is 47.5 Å². The Balaban J connectivity index is 1.84. The van der Waals surface area contributed by atoms with Crippen LogP contribution in [0.4, 0.5) is 5.00 Å². The molecule has 0 saturated carbocycles. The second-order valence-corrected chi connectivity index (χ2v) is 8.94. The molecule has 0 saturated heterocycles. The third kappa shape index (κ3) is 5.73. The predicted octanol–water partition coefficient (Wildman–Crippen LogP) is 6.05. The van der Waals surface area contributed by atoms with Crippen LogP contribution in [0, 0.1) is 6.92 Å². The highest BCUT2D eigenvalue weighted by Crippen LogP contribution is 2.40. The van der Waals surface area contributed by atoms with Crippen LogP contribution in [-0.2, 0) is 9.53 Å². The van der Waals surface area contributed by atoms with Crippen molar-refractivity contribution in [1.82, 2.24) is 0 Å². The normalized spacial score (nSPS) is 10.7. The third-order valence-corrected chi connectivity index (χ3v) is 6.10. The van der Waals surface area contributed by atoms with Gasteiger partial charge in [0.15, 0.2) is 6.61 Å². The quantitative estimate of drug-likeness (QED) is 0.388. The van der Waals surface area contributed by atoms with Crippen LogP contribution in [0.5, 0.6) is 11.5 Å².